The third-order valence-corrected chi connectivity index (χ3v) is 7.82. The molecule has 44 heavy (non-hydrogen) atoms. The van der Waals surface area contributed by atoms with Crippen molar-refractivity contribution in [3.05, 3.63) is 92.7 Å². The number of nitrogens with zero attached hydrogens (tertiary/aromatic N) is 1. The molecule has 0 aromatic heterocycles. The molecule has 0 bridgehead atoms. The van der Waals surface area contributed by atoms with Gasteiger partial charge in [0, 0.05) is 30.3 Å². The van der Waals surface area contributed by atoms with Crippen molar-refractivity contribution in [1.29, 1.82) is 0 Å². The SMILES string of the molecule is COc1ccc(F)c(CN(C(=O)C2=C(c3ccc(OCCOc4c(Cl)cc(C)cc4Cl)cc3)CCNC2)C2CC2)c1.O=CO. The van der Waals surface area contributed by atoms with Crippen LogP contribution in [-0.4, -0.2) is 61.8 Å². The van der Waals surface area contributed by atoms with E-state index >= 15 is 0 Å². The number of rotatable bonds is 11. The molecule has 1 aliphatic carbocycles. The van der Waals surface area contributed by atoms with Crippen LogP contribution in [0.3, 0.4) is 0 Å². The van der Waals surface area contributed by atoms with E-state index in [2.05, 4.69) is 5.32 Å². The zero-order valence-corrected chi connectivity index (χ0v) is 26.1. The second-order valence-corrected chi connectivity index (χ2v) is 11.2. The van der Waals surface area contributed by atoms with Gasteiger partial charge in [0.05, 0.1) is 17.2 Å². The number of amides is 1. The summed E-state index contributed by atoms with van der Waals surface area (Å²) in [5.74, 6) is 1.31. The Morgan fingerprint density at radius 1 is 1.05 bits per heavy atom. The zero-order chi connectivity index (χ0) is 31.6. The van der Waals surface area contributed by atoms with Crippen LogP contribution < -0.4 is 19.5 Å². The smallest absolute Gasteiger partial charge is 0.290 e. The molecule has 0 unspecified atom stereocenters. The molecule has 1 amide bonds. The molecule has 0 saturated heterocycles. The van der Waals surface area contributed by atoms with Crippen LogP contribution in [0.25, 0.3) is 5.57 Å². The predicted octanol–water partition coefficient (Wildman–Crippen LogP) is 6.55. The summed E-state index contributed by atoms with van der Waals surface area (Å²) in [6, 6.07) is 16.1. The number of aryl methyl sites for hydroxylation is 1. The molecule has 2 aliphatic rings. The molecule has 1 heterocycles. The van der Waals surface area contributed by atoms with Gasteiger partial charge in [-0.3, -0.25) is 9.59 Å². The lowest BCUT2D eigenvalue weighted by Gasteiger charge is -2.28. The number of carboxylic acid groups (broad SMARTS) is 1. The van der Waals surface area contributed by atoms with E-state index in [1.165, 1.54) is 6.07 Å². The molecular formula is C33H35Cl2FN2O6. The molecular weight excluding hydrogens is 610 g/mol. The number of nitrogens with one attached hydrogen (secondary N) is 1. The Bertz CT molecular complexity index is 1470. The first-order chi connectivity index (χ1) is 21.2. The summed E-state index contributed by atoms with van der Waals surface area (Å²) in [5, 5.41) is 11.2. The van der Waals surface area contributed by atoms with Crippen molar-refractivity contribution < 1.29 is 33.3 Å². The van der Waals surface area contributed by atoms with Crippen LogP contribution >= 0.6 is 23.2 Å². The fourth-order valence-electron chi connectivity index (χ4n) is 5.00. The highest BCUT2D eigenvalue weighted by atomic mass is 35.5. The highest BCUT2D eigenvalue weighted by Crippen LogP contribution is 2.35. The summed E-state index contributed by atoms with van der Waals surface area (Å²) in [5.41, 5.74) is 4.11. The van der Waals surface area contributed by atoms with Crippen molar-refractivity contribution in [2.24, 2.45) is 0 Å². The summed E-state index contributed by atoms with van der Waals surface area (Å²) in [4.78, 5) is 24.0. The minimum atomic E-state index is -0.341. The normalized spacial score (nSPS) is 14.3. The van der Waals surface area contributed by atoms with Crippen molar-refractivity contribution in [3.8, 4) is 17.2 Å². The highest BCUT2D eigenvalue weighted by molar-refractivity contribution is 6.37. The molecule has 3 aromatic rings. The molecule has 1 saturated carbocycles. The Morgan fingerprint density at radius 3 is 2.32 bits per heavy atom. The van der Waals surface area contributed by atoms with E-state index in [1.807, 2.05) is 36.1 Å². The highest BCUT2D eigenvalue weighted by Gasteiger charge is 2.36. The van der Waals surface area contributed by atoms with Gasteiger partial charge in [-0.15, -0.1) is 0 Å². The molecule has 11 heteroatoms. The molecule has 8 nitrogen and oxygen atoms in total. The van der Waals surface area contributed by atoms with Gasteiger partial charge in [-0.05, 0) is 91.9 Å². The van der Waals surface area contributed by atoms with Gasteiger partial charge in [0.1, 0.15) is 30.5 Å². The quantitative estimate of drug-likeness (QED) is 0.181. The number of carbonyl (C=O) groups excluding carboxylic acids is 1. The minimum Gasteiger partial charge on any atom is -0.497 e. The topological polar surface area (TPSA) is 97.3 Å². The van der Waals surface area contributed by atoms with Crippen LogP contribution in [-0.2, 0) is 16.1 Å². The van der Waals surface area contributed by atoms with Gasteiger partial charge in [0.25, 0.3) is 12.4 Å². The van der Waals surface area contributed by atoms with Crippen LogP contribution in [0, 0.1) is 12.7 Å². The van der Waals surface area contributed by atoms with Crippen LogP contribution in [0.1, 0.15) is 36.0 Å². The Morgan fingerprint density at radius 2 is 1.68 bits per heavy atom. The second-order valence-electron chi connectivity index (χ2n) is 10.4. The van der Waals surface area contributed by atoms with Crippen LogP contribution in [0.4, 0.5) is 4.39 Å². The van der Waals surface area contributed by atoms with Gasteiger partial charge in [-0.25, -0.2) is 4.39 Å². The number of halogens is 3. The maximum atomic E-state index is 14.6. The minimum absolute atomic E-state index is 0.0529. The molecule has 0 atom stereocenters. The molecule has 0 radical (unpaired) electrons. The third kappa shape index (κ3) is 8.65. The first-order valence-corrected chi connectivity index (χ1v) is 15.0. The lowest BCUT2D eigenvalue weighted by atomic mass is 9.93. The van der Waals surface area contributed by atoms with Crippen LogP contribution in [0.15, 0.2) is 60.2 Å². The Labute approximate surface area is 266 Å². The molecule has 234 valence electrons. The Kier molecular flexibility index (Phi) is 11.9. The average Bonchev–Trinajstić information content (AvgIpc) is 3.86. The summed E-state index contributed by atoms with van der Waals surface area (Å²) in [7, 11) is 1.55. The predicted molar refractivity (Wildman–Crippen MR) is 168 cm³/mol. The summed E-state index contributed by atoms with van der Waals surface area (Å²) in [6.45, 7) is 3.71. The number of hydrogen-bond donors (Lipinski definition) is 2. The lowest BCUT2D eigenvalue weighted by molar-refractivity contribution is -0.128. The summed E-state index contributed by atoms with van der Waals surface area (Å²) in [6.07, 6.45) is 2.57. The average molecular weight is 646 g/mol. The van der Waals surface area contributed by atoms with Crippen LogP contribution in [0.5, 0.6) is 17.2 Å². The third-order valence-electron chi connectivity index (χ3n) is 7.26. The Hall–Kier alpha value is -3.79. The molecule has 1 fully saturated rings. The zero-order valence-electron chi connectivity index (χ0n) is 24.6. The number of hydrogen-bond acceptors (Lipinski definition) is 6. The monoisotopic (exact) mass is 644 g/mol. The fourth-order valence-corrected chi connectivity index (χ4v) is 5.70. The number of carbonyl (C=O) groups is 2. The number of methoxy groups -OCH3 is 1. The summed E-state index contributed by atoms with van der Waals surface area (Å²) < 4.78 is 31.5. The van der Waals surface area contributed by atoms with E-state index in [0.717, 1.165) is 48.1 Å². The van der Waals surface area contributed by atoms with Crippen LogP contribution in [0.2, 0.25) is 10.0 Å². The van der Waals surface area contributed by atoms with Gasteiger partial charge in [0.15, 0.2) is 5.75 Å². The van der Waals surface area contributed by atoms with Crippen molar-refractivity contribution in [1.82, 2.24) is 10.2 Å². The first-order valence-electron chi connectivity index (χ1n) is 14.2. The molecule has 1 aliphatic heterocycles. The van der Waals surface area contributed by atoms with Crippen molar-refractivity contribution in [2.75, 3.05) is 33.4 Å². The number of benzene rings is 3. The van der Waals surface area contributed by atoms with Gasteiger partial charge in [0.2, 0.25) is 0 Å². The largest absolute Gasteiger partial charge is 0.497 e. The van der Waals surface area contributed by atoms with E-state index < -0.39 is 0 Å². The van der Waals surface area contributed by atoms with Gasteiger partial charge in [-0.1, -0.05) is 35.3 Å². The van der Waals surface area contributed by atoms with Gasteiger partial charge < -0.3 is 29.5 Å². The van der Waals surface area contributed by atoms with E-state index in [4.69, 9.17) is 47.3 Å². The first kappa shape index (κ1) is 33.1. The van der Waals surface area contributed by atoms with E-state index in [1.54, 1.807) is 31.4 Å². The van der Waals surface area contributed by atoms with Gasteiger partial charge in [-0.2, -0.15) is 0 Å². The maximum Gasteiger partial charge on any atom is 0.290 e. The summed E-state index contributed by atoms with van der Waals surface area (Å²) >= 11 is 12.5. The van der Waals surface area contributed by atoms with Gasteiger partial charge >= 0.3 is 0 Å². The van der Waals surface area contributed by atoms with E-state index in [9.17, 15) is 9.18 Å². The molecule has 5 rings (SSSR count). The second kappa shape index (κ2) is 15.8. The lowest BCUT2D eigenvalue weighted by Crippen LogP contribution is -2.39. The van der Waals surface area contributed by atoms with Crippen molar-refractivity contribution in [2.45, 2.75) is 38.8 Å². The molecule has 2 N–H and O–H groups in total. The number of ether oxygens (including phenoxy) is 3. The van der Waals surface area contributed by atoms with Crippen molar-refractivity contribution in [3.63, 3.8) is 0 Å². The maximum absolute atomic E-state index is 14.6. The van der Waals surface area contributed by atoms with Crippen molar-refractivity contribution >= 4 is 41.2 Å². The van der Waals surface area contributed by atoms with E-state index in [-0.39, 0.29) is 37.4 Å². The van der Waals surface area contributed by atoms with E-state index in [0.29, 0.717) is 46.0 Å². The standard InChI is InChI=1S/C32H33Cl2FN2O4.CH2O2/c1-20-15-28(33)31(29(34)16-20)41-14-13-40-24-7-3-21(4-8-24)26-11-12-36-18-27(26)32(38)37(23-5-6-23)19-22-17-25(39-2)9-10-30(22)35;2-1-3/h3-4,7-10,15-17,23,36H,5-6,11-14,18-19H2,1-2H3;1H,(H,2,3). The Balaban J connectivity index is 0.00000141. The fraction of sp³-hybridized carbons (Fsp3) is 0.333. The molecule has 3 aromatic carbocycles. The molecule has 0 spiro atoms.